The molecule has 0 atom stereocenters. The van der Waals surface area contributed by atoms with Crippen molar-refractivity contribution in [1.29, 1.82) is 0 Å². The van der Waals surface area contributed by atoms with Crippen molar-refractivity contribution in [1.82, 2.24) is 19.8 Å². The van der Waals surface area contributed by atoms with Crippen molar-refractivity contribution < 1.29 is 19.1 Å². The lowest BCUT2D eigenvalue weighted by molar-refractivity contribution is -0.147. The number of para-hydroxylation sites is 1. The maximum Gasteiger partial charge on any atom is 0.277 e. The molecule has 3 amide bonds. The van der Waals surface area contributed by atoms with E-state index in [0.29, 0.717) is 18.8 Å². The Morgan fingerprint density at radius 2 is 2.00 bits per heavy atom. The zero-order valence-corrected chi connectivity index (χ0v) is 16.7. The Morgan fingerprint density at radius 1 is 1.28 bits per heavy atom. The van der Waals surface area contributed by atoms with Gasteiger partial charge in [0, 0.05) is 12.6 Å². The van der Waals surface area contributed by atoms with Crippen molar-refractivity contribution in [3.8, 4) is 5.75 Å². The second kappa shape index (κ2) is 8.72. The standard InChI is InChI=1S/C21H24N4O4/c1-14(2)20-17(11-18-21(28)25(15(3)26)12-19(27)23-18)22-13-24(20)9-10-29-16-7-5-4-6-8-16/h4-8,11,13-14H,9-10,12H2,1-3H3,(H,23,27). The van der Waals surface area contributed by atoms with Crippen LogP contribution in [0.1, 0.15) is 38.1 Å². The van der Waals surface area contributed by atoms with Gasteiger partial charge in [0.1, 0.15) is 24.6 Å². The largest absolute Gasteiger partial charge is 0.492 e. The number of aromatic nitrogens is 2. The maximum absolute atomic E-state index is 12.5. The zero-order chi connectivity index (χ0) is 21.0. The molecule has 3 rings (SSSR count). The molecular formula is C21H24N4O4. The molecule has 2 heterocycles. The molecule has 0 unspecified atom stereocenters. The van der Waals surface area contributed by atoms with Gasteiger partial charge in [0.25, 0.3) is 5.91 Å². The third kappa shape index (κ3) is 4.71. The monoisotopic (exact) mass is 396 g/mol. The van der Waals surface area contributed by atoms with E-state index in [-0.39, 0.29) is 18.2 Å². The fourth-order valence-electron chi connectivity index (χ4n) is 3.20. The van der Waals surface area contributed by atoms with Crippen LogP contribution in [0.2, 0.25) is 0 Å². The summed E-state index contributed by atoms with van der Waals surface area (Å²) in [4.78, 5) is 41.3. The van der Waals surface area contributed by atoms with Crippen LogP contribution in [-0.2, 0) is 20.9 Å². The third-order valence-electron chi connectivity index (χ3n) is 4.51. The van der Waals surface area contributed by atoms with Gasteiger partial charge in [-0.1, -0.05) is 32.0 Å². The van der Waals surface area contributed by atoms with Crippen molar-refractivity contribution in [2.45, 2.75) is 33.2 Å². The topological polar surface area (TPSA) is 93.5 Å². The molecule has 1 saturated heterocycles. The number of benzene rings is 1. The fraction of sp³-hybridized carbons (Fsp3) is 0.333. The number of nitrogens with one attached hydrogen (secondary N) is 1. The minimum absolute atomic E-state index is 0.0455. The van der Waals surface area contributed by atoms with E-state index >= 15 is 0 Å². The Kier molecular flexibility index (Phi) is 6.11. The summed E-state index contributed by atoms with van der Waals surface area (Å²) in [6, 6.07) is 9.54. The minimum Gasteiger partial charge on any atom is -0.492 e. The first-order chi connectivity index (χ1) is 13.9. The second-order valence-corrected chi connectivity index (χ2v) is 7.04. The van der Waals surface area contributed by atoms with Crippen molar-refractivity contribution in [2.75, 3.05) is 13.2 Å². The molecule has 2 aromatic rings. The lowest BCUT2D eigenvalue weighted by Gasteiger charge is -2.25. The molecule has 0 radical (unpaired) electrons. The van der Waals surface area contributed by atoms with Crippen LogP contribution in [-0.4, -0.2) is 45.3 Å². The molecule has 0 aliphatic carbocycles. The molecule has 1 N–H and O–H groups in total. The first kappa shape index (κ1) is 20.3. The summed E-state index contributed by atoms with van der Waals surface area (Å²) >= 11 is 0. The summed E-state index contributed by atoms with van der Waals surface area (Å²) in [5.74, 6) is -0.495. The number of imide groups is 1. The highest BCUT2D eigenvalue weighted by Gasteiger charge is 2.31. The first-order valence-electron chi connectivity index (χ1n) is 9.43. The predicted octanol–water partition coefficient (Wildman–Crippen LogP) is 1.93. The molecule has 0 spiro atoms. The van der Waals surface area contributed by atoms with Crippen LogP contribution >= 0.6 is 0 Å². The van der Waals surface area contributed by atoms with Crippen LogP contribution < -0.4 is 10.1 Å². The Morgan fingerprint density at radius 3 is 2.66 bits per heavy atom. The summed E-state index contributed by atoms with van der Waals surface area (Å²) < 4.78 is 7.73. The maximum atomic E-state index is 12.5. The summed E-state index contributed by atoms with van der Waals surface area (Å²) in [7, 11) is 0. The molecule has 8 nitrogen and oxygen atoms in total. The molecular weight excluding hydrogens is 372 g/mol. The highest BCUT2D eigenvalue weighted by Crippen LogP contribution is 2.22. The number of hydrogen-bond donors (Lipinski definition) is 1. The quantitative estimate of drug-likeness (QED) is 0.753. The first-order valence-corrected chi connectivity index (χ1v) is 9.43. The summed E-state index contributed by atoms with van der Waals surface area (Å²) in [6.45, 7) is 6.08. The molecule has 1 aliphatic heterocycles. The number of amides is 3. The molecule has 1 aromatic heterocycles. The number of carbonyl (C=O) groups is 3. The molecule has 0 saturated carbocycles. The summed E-state index contributed by atoms with van der Waals surface area (Å²) in [5, 5.41) is 2.54. The highest BCUT2D eigenvalue weighted by molar-refractivity contribution is 6.12. The molecule has 152 valence electrons. The average molecular weight is 396 g/mol. The second-order valence-electron chi connectivity index (χ2n) is 7.04. The van der Waals surface area contributed by atoms with E-state index in [1.54, 1.807) is 6.33 Å². The van der Waals surface area contributed by atoms with E-state index in [0.717, 1.165) is 16.3 Å². The van der Waals surface area contributed by atoms with Gasteiger partial charge in [-0.05, 0) is 24.1 Å². The number of imidazole rings is 1. The normalized spacial score (nSPS) is 15.7. The third-order valence-corrected chi connectivity index (χ3v) is 4.51. The average Bonchev–Trinajstić information content (AvgIpc) is 3.07. The van der Waals surface area contributed by atoms with E-state index < -0.39 is 17.7 Å². The van der Waals surface area contributed by atoms with Crippen LogP contribution in [0.5, 0.6) is 5.75 Å². The van der Waals surface area contributed by atoms with E-state index in [4.69, 9.17) is 4.74 Å². The van der Waals surface area contributed by atoms with Gasteiger partial charge in [-0.3, -0.25) is 19.3 Å². The van der Waals surface area contributed by atoms with Crippen LogP contribution in [0.25, 0.3) is 6.08 Å². The SMILES string of the molecule is CC(=O)N1CC(=O)NC(=Cc2ncn(CCOc3ccccc3)c2C(C)C)C1=O. The van der Waals surface area contributed by atoms with Gasteiger partial charge in [-0.25, -0.2) is 4.98 Å². The van der Waals surface area contributed by atoms with Crippen molar-refractivity contribution in [3.63, 3.8) is 0 Å². The van der Waals surface area contributed by atoms with Crippen molar-refractivity contribution in [2.24, 2.45) is 0 Å². The molecule has 1 fully saturated rings. The number of ether oxygens (including phenoxy) is 1. The van der Waals surface area contributed by atoms with Gasteiger partial charge < -0.3 is 14.6 Å². The lowest BCUT2D eigenvalue weighted by atomic mass is 10.1. The number of carbonyl (C=O) groups excluding carboxylic acids is 3. The fourth-order valence-corrected chi connectivity index (χ4v) is 3.20. The van der Waals surface area contributed by atoms with E-state index in [2.05, 4.69) is 10.3 Å². The Hall–Kier alpha value is -3.42. The number of hydrogen-bond acceptors (Lipinski definition) is 5. The van der Waals surface area contributed by atoms with Crippen LogP contribution in [0.4, 0.5) is 0 Å². The zero-order valence-electron chi connectivity index (χ0n) is 16.7. The Bertz CT molecular complexity index is 947. The van der Waals surface area contributed by atoms with Crippen molar-refractivity contribution in [3.05, 3.63) is 53.7 Å². The lowest BCUT2D eigenvalue weighted by Crippen LogP contribution is -2.51. The molecule has 29 heavy (non-hydrogen) atoms. The van der Waals surface area contributed by atoms with E-state index in [9.17, 15) is 14.4 Å². The van der Waals surface area contributed by atoms with Gasteiger partial charge in [-0.15, -0.1) is 0 Å². The van der Waals surface area contributed by atoms with Crippen LogP contribution in [0.3, 0.4) is 0 Å². The summed E-state index contributed by atoms with van der Waals surface area (Å²) in [6.07, 6.45) is 3.22. The number of rotatable bonds is 6. The molecule has 8 heteroatoms. The van der Waals surface area contributed by atoms with Crippen LogP contribution in [0.15, 0.2) is 42.4 Å². The highest BCUT2D eigenvalue weighted by atomic mass is 16.5. The Labute approximate surface area is 169 Å². The predicted molar refractivity (Wildman–Crippen MR) is 107 cm³/mol. The van der Waals surface area contributed by atoms with Gasteiger partial charge in [0.15, 0.2) is 0 Å². The Balaban J connectivity index is 1.80. The summed E-state index contributed by atoms with van der Waals surface area (Å²) in [5.41, 5.74) is 1.54. The van der Waals surface area contributed by atoms with Crippen molar-refractivity contribution >= 4 is 23.8 Å². The van der Waals surface area contributed by atoms with Gasteiger partial charge in [0.05, 0.1) is 18.6 Å². The molecule has 0 bridgehead atoms. The molecule has 1 aromatic carbocycles. The smallest absolute Gasteiger partial charge is 0.277 e. The van der Waals surface area contributed by atoms with Gasteiger partial charge in [-0.2, -0.15) is 0 Å². The van der Waals surface area contributed by atoms with E-state index in [1.807, 2.05) is 48.7 Å². The van der Waals surface area contributed by atoms with E-state index in [1.165, 1.54) is 13.0 Å². The van der Waals surface area contributed by atoms with Gasteiger partial charge in [0.2, 0.25) is 11.8 Å². The number of nitrogens with zero attached hydrogens (tertiary/aromatic N) is 3. The molecule has 1 aliphatic rings. The minimum atomic E-state index is -0.534. The number of piperazine rings is 1. The van der Waals surface area contributed by atoms with Gasteiger partial charge >= 0.3 is 0 Å². The van der Waals surface area contributed by atoms with Crippen LogP contribution in [0, 0.1) is 0 Å².